The Hall–Kier alpha value is -1.13. The van der Waals surface area contributed by atoms with Gasteiger partial charge in [0.2, 0.25) is 0 Å². The standard InChI is InChI=1S/C13H18ClN3O/c1-2-17-8-4-5-10(17)9-15-13(18)11-6-3-7-12(14)16-11/h3,6-7,10H,2,4-5,8-9H2,1H3,(H,15,18). The number of hydrogen-bond acceptors (Lipinski definition) is 3. The molecule has 1 N–H and O–H groups in total. The van der Waals surface area contributed by atoms with Crippen molar-refractivity contribution in [2.45, 2.75) is 25.8 Å². The number of amides is 1. The maximum Gasteiger partial charge on any atom is 0.269 e. The van der Waals surface area contributed by atoms with Crippen LogP contribution in [0, 0.1) is 0 Å². The molecule has 0 aromatic carbocycles. The first-order valence-corrected chi connectivity index (χ1v) is 6.73. The van der Waals surface area contributed by atoms with Gasteiger partial charge in [0, 0.05) is 12.6 Å². The number of nitrogens with zero attached hydrogens (tertiary/aromatic N) is 2. The highest BCUT2D eigenvalue weighted by Gasteiger charge is 2.23. The van der Waals surface area contributed by atoms with Gasteiger partial charge in [0.1, 0.15) is 10.8 Å². The first-order chi connectivity index (χ1) is 8.70. The van der Waals surface area contributed by atoms with E-state index in [0.29, 0.717) is 23.4 Å². The summed E-state index contributed by atoms with van der Waals surface area (Å²) >= 11 is 5.76. The Balaban J connectivity index is 1.88. The molecule has 1 atom stereocenters. The molecular weight excluding hydrogens is 250 g/mol. The van der Waals surface area contributed by atoms with Gasteiger partial charge in [-0.1, -0.05) is 24.6 Å². The molecule has 2 heterocycles. The maximum absolute atomic E-state index is 11.9. The van der Waals surface area contributed by atoms with E-state index in [1.54, 1.807) is 18.2 Å². The van der Waals surface area contributed by atoms with E-state index in [4.69, 9.17) is 11.6 Å². The van der Waals surface area contributed by atoms with Gasteiger partial charge in [-0.15, -0.1) is 0 Å². The van der Waals surface area contributed by atoms with Crippen LogP contribution >= 0.6 is 11.6 Å². The zero-order chi connectivity index (χ0) is 13.0. The first-order valence-electron chi connectivity index (χ1n) is 6.35. The van der Waals surface area contributed by atoms with E-state index in [0.717, 1.165) is 19.5 Å². The molecule has 1 unspecified atom stereocenters. The van der Waals surface area contributed by atoms with Crippen molar-refractivity contribution >= 4 is 17.5 Å². The van der Waals surface area contributed by atoms with E-state index >= 15 is 0 Å². The van der Waals surface area contributed by atoms with Gasteiger partial charge in [-0.2, -0.15) is 0 Å². The number of nitrogens with one attached hydrogen (secondary N) is 1. The molecule has 1 aromatic heterocycles. The summed E-state index contributed by atoms with van der Waals surface area (Å²) in [6.45, 7) is 5.00. The van der Waals surface area contributed by atoms with Crippen molar-refractivity contribution in [2.75, 3.05) is 19.6 Å². The normalized spacial score (nSPS) is 20.0. The molecule has 4 nitrogen and oxygen atoms in total. The van der Waals surface area contributed by atoms with Crippen molar-refractivity contribution < 1.29 is 4.79 Å². The number of halogens is 1. The molecule has 1 aliphatic heterocycles. The molecule has 0 spiro atoms. The summed E-state index contributed by atoms with van der Waals surface area (Å²) in [5, 5.41) is 3.28. The van der Waals surface area contributed by atoms with Crippen molar-refractivity contribution in [3.8, 4) is 0 Å². The zero-order valence-electron chi connectivity index (χ0n) is 10.5. The second-order valence-electron chi connectivity index (χ2n) is 4.48. The lowest BCUT2D eigenvalue weighted by Gasteiger charge is -2.22. The lowest BCUT2D eigenvalue weighted by molar-refractivity contribution is 0.0936. The summed E-state index contributed by atoms with van der Waals surface area (Å²) in [6.07, 6.45) is 2.36. The molecular formula is C13H18ClN3O. The Morgan fingerprint density at radius 1 is 1.61 bits per heavy atom. The summed E-state index contributed by atoms with van der Waals surface area (Å²) in [4.78, 5) is 18.3. The Labute approximate surface area is 112 Å². The minimum Gasteiger partial charge on any atom is -0.349 e. The Morgan fingerprint density at radius 3 is 3.17 bits per heavy atom. The summed E-state index contributed by atoms with van der Waals surface area (Å²) < 4.78 is 0. The smallest absolute Gasteiger partial charge is 0.269 e. The zero-order valence-corrected chi connectivity index (χ0v) is 11.3. The fourth-order valence-corrected chi connectivity index (χ4v) is 2.54. The van der Waals surface area contributed by atoms with Gasteiger partial charge in [-0.3, -0.25) is 9.69 Å². The van der Waals surface area contributed by atoms with Crippen LogP contribution in [0.5, 0.6) is 0 Å². The third-order valence-corrected chi connectivity index (χ3v) is 3.56. The van der Waals surface area contributed by atoms with Gasteiger partial charge in [0.05, 0.1) is 0 Å². The van der Waals surface area contributed by atoms with Crippen molar-refractivity contribution in [3.63, 3.8) is 0 Å². The topological polar surface area (TPSA) is 45.2 Å². The van der Waals surface area contributed by atoms with Crippen LogP contribution in [0.15, 0.2) is 18.2 Å². The van der Waals surface area contributed by atoms with Gasteiger partial charge >= 0.3 is 0 Å². The SMILES string of the molecule is CCN1CCCC1CNC(=O)c1cccc(Cl)n1. The van der Waals surface area contributed by atoms with Crippen LogP contribution in [-0.2, 0) is 0 Å². The average molecular weight is 268 g/mol. The van der Waals surface area contributed by atoms with Crippen LogP contribution in [0.4, 0.5) is 0 Å². The van der Waals surface area contributed by atoms with E-state index in [-0.39, 0.29) is 5.91 Å². The average Bonchev–Trinajstić information content (AvgIpc) is 2.83. The Bertz CT molecular complexity index is 424. The molecule has 1 saturated heterocycles. The van der Waals surface area contributed by atoms with Gasteiger partial charge in [0.15, 0.2) is 0 Å². The maximum atomic E-state index is 11.9. The van der Waals surface area contributed by atoms with Gasteiger partial charge in [-0.25, -0.2) is 4.98 Å². The highest BCUT2D eigenvalue weighted by Crippen LogP contribution is 2.15. The van der Waals surface area contributed by atoms with Crippen LogP contribution in [0.1, 0.15) is 30.3 Å². The molecule has 0 radical (unpaired) electrons. The molecule has 5 heteroatoms. The number of likely N-dealkylation sites (tertiary alicyclic amines) is 1. The number of likely N-dealkylation sites (N-methyl/N-ethyl adjacent to an activating group) is 1. The van der Waals surface area contributed by atoms with E-state index < -0.39 is 0 Å². The molecule has 2 rings (SSSR count). The fraction of sp³-hybridized carbons (Fsp3) is 0.538. The number of aromatic nitrogens is 1. The van der Waals surface area contributed by atoms with Crippen LogP contribution < -0.4 is 5.32 Å². The van der Waals surface area contributed by atoms with E-state index in [9.17, 15) is 4.79 Å². The van der Waals surface area contributed by atoms with Crippen LogP contribution in [0.2, 0.25) is 5.15 Å². The monoisotopic (exact) mass is 267 g/mol. The van der Waals surface area contributed by atoms with Crippen molar-refractivity contribution in [3.05, 3.63) is 29.0 Å². The van der Waals surface area contributed by atoms with Crippen molar-refractivity contribution in [1.29, 1.82) is 0 Å². The lowest BCUT2D eigenvalue weighted by Crippen LogP contribution is -2.40. The Morgan fingerprint density at radius 2 is 2.44 bits per heavy atom. The summed E-state index contributed by atoms with van der Waals surface area (Å²) in [5.41, 5.74) is 0.378. The summed E-state index contributed by atoms with van der Waals surface area (Å²) in [6, 6.07) is 5.53. The molecule has 0 bridgehead atoms. The van der Waals surface area contributed by atoms with Crippen molar-refractivity contribution in [1.82, 2.24) is 15.2 Å². The molecule has 98 valence electrons. The molecule has 1 amide bonds. The predicted octanol–water partition coefficient (Wildman–Crippen LogP) is 1.95. The molecule has 0 saturated carbocycles. The molecule has 1 aromatic rings. The number of rotatable bonds is 4. The second kappa shape index (κ2) is 6.16. The van der Waals surface area contributed by atoms with Crippen LogP contribution in [-0.4, -0.2) is 41.5 Å². The highest BCUT2D eigenvalue weighted by atomic mass is 35.5. The number of hydrogen-bond donors (Lipinski definition) is 1. The molecule has 18 heavy (non-hydrogen) atoms. The van der Waals surface area contributed by atoms with Crippen LogP contribution in [0.3, 0.4) is 0 Å². The van der Waals surface area contributed by atoms with E-state index in [1.807, 2.05) is 0 Å². The van der Waals surface area contributed by atoms with Crippen LogP contribution in [0.25, 0.3) is 0 Å². The summed E-state index contributed by atoms with van der Waals surface area (Å²) in [5.74, 6) is -0.152. The van der Waals surface area contributed by atoms with Crippen molar-refractivity contribution in [2.24, 2.45) is 0 Å². The number of carbonyl (C=O) groups is 1. The number of carbonyl (C=O) groups excluding carboxylic acids is 1. The van der Waals surface area contributed by atoms with Gasteiger partial charge < -0.3 is 5.32 Å². The summed E-state index contributed by atoms with van der Waals surface area (Å²) in [7, 11) is 0. The third kappa shape index (κ3) is 3.21. The second-order valence-corrected chi connectivity index (χ2v) is 4.87. The highest BCUT2D eigenvalue weighted by molar-refractivity contribution is 6.29. The van der Waals surface area contributed by atoms with E-state index in [2.05, 4.69) is 22.1 Å². The van der Waals surface area contributed by atoms with Gasteiger partial charge in [0.25, 0.3) is 5.91 Å². The fourth-order valence-electron chi connectivity index (χ4n) is 2.38. The van der Waals surface area contributed by atoms with E-state index in [1.165, 1.54) is 6.42 Å². The number of pyridine rings is 1. The minimum absolute atomic E-state index is 0.152. The Kier molecular flexibility index (Phi) is 4.55. The predicted molar refractivity (Wildman–Crippen MR) is 71.8 cm³/mol. The quantitative estimate of drug-likeness (QED) is 0.848. The molecule has 0 aliphatic carbocycles. The minimum atomic E-state index is -0.152. The van der Waals surface area contributed by atoms with Gasteiger partial charge in [-0.05, 0) is 38.1 Å². The molecule has 1 aliphatic rings. The lowest BCUT2D eigenvalue weighted by atomic mass is 10.2. The third-order valence-electron chi connectivity index (χ3n) is 3.35. The molecule has 1 fully saturated rings. The largest absolute Gasteiger partial charge is 0.349 e. The first kappa shape index (κ1) is 13.3.